The van der Waals surface area contributed by atoms with Gasteiger partial charge in [-0.1, -0.05) is 12.1 Å². The molecule has 0 saturated heterocycles. The van der Waals surface area contributed by atoms with Gasteiger partial charge in [0.1, 0.15) is 0 Å². The van der Waals surface area contributed by atoms with Crippen LogP contribution in [0.5, 0.6) is 5.75 Å². The van der Waals surface area contributed by atoms with Crippen LogP contribution in [0.25, 0.3) is 22.7 Å². The molecule has 2 aromatic heterocycles. The highest BCUT2D eigenvalue weighted by molar-refractivity contribution is 5.90. The molecule has 0 atom stereocenters. The van der Waals surface area contributed by atoms with Crippen LogP contribution in [-0.2, 0) is 11.8 Å². The smallest absolute Gasteiger partial charge is 0.360 e. The van der Waals surface area contributed by atoms with Crippen molar-refractivity contribution in [1.29, 1.82) is 0 Å². The maximum atomic E-state index is 12.4. The lowest BCUT2D eigenvalue weighted by molar-refractivity contribution is 0.0589. The Balaban J connectivity index is 2.03. The zero-order valence-electron chi connectivity index (χ0n) is 14.5. The van der Waals surface area contributed by atoms with Crippen molar-refractivity contribution in [3.63, 3.8) is 0 Å². The normalized spacial score (nSPS) is 14.4. The highest BCUT2D eigenvalue weighted by Crippen LogP contribution is 2.38. The highest BCUT2D eigenvalue weighted by atomic mass is 16.5. The summed E-state index contributed by atoms with van der Waals surface area (Å²) in [5, 5.41) is 10.0. The number of benzene rings is 1. The molecule has 1 fully saturated rings. The second-order valence-electron chi connectivity index (χ2n) is 6.37. The molecule has 8 heteroatoms. The largest absolute Gasteiger partial charge is 0.501 e. The SMILES string of the molecule is COC(=O)c1nc(-c2nc3ccccc3n2C2CCC2)n(C)c(=O)c1O. The Morgan fingerprint density at radius 2 is 1.96 bits per heavy atom. The average molecular weight is 354 g/mol. The van der Waals surface area contributed by atoms with E-state index in [9.17, 15) is 14.7 Å². The van der Waals surface area contributed by atoms with Gasteiger partial charge in [0.15, 0.2) is 17.3 Å². The number of carbonyl (C=O) groups is 1. The number of nitrogens with zero attached hydrogens (tertiary/aromatic N) is 4. The molecule has 1 saturated carbocycles. The lowest BCUT2D eigenvalue weighted by Gasteiger charge is -2.29. The number of hydrogen-bond acceptors (Lipinski definition) is 6. The van der Waals surface area contributed by atoms with Crippen LogP contribution < -0.4 is 5.56 Å². The zero-order chi connectivity index (χ0) is 18.4. The van der Waals surface area contributed by atoms with Crippen molar-refractivity contribution in [2.24, 2.45) is 7.05 Å². The number of methoxy groups -OCH3 is 1. The van der Waals surface area contributed by atoms with Crippen molar-refractivity contribution in [1.82, 2.24) is 19.1 Å². The molecule has 26 heavy (non-hydrogen) atoms. The Labute approximate surface area is 148 Å². The van der Waals surface area contributed by atoms with Crippen molar-refractivity contribution in [3.05, 3.63) is 40.3 Å². The summed E-state index contributed by atoms with van der Waals surface area (Å²) in [6.07, 6.45) is 3.17. The summed E-state index contributed by atoms with van der Waals surface area (Å²) < 4.78 is 7.91. The van der Waals surface area contributed by atoms with Crippen LogP contribution in [0.4, 0.5) is 0 Å². The standard InChI is InChI=1S/C18H18N4O4/c1-21-15(20-13(18(25)26-2)14(23)17(21)24)16-19-11-8-3-4-9-12(11)22(16)10-6-5-7-10/h3-4,8-10,23H,5-7H2,1-2H3. The number of hydrogen-bond donors (Lipinski definition) is 1. The van der Waals surface area contributed by atoms with E-state index in [2.05, 4.69) is 19.3 Å². The molecule has 2 heterocycles. The van der Waals surface area contributed by atoms with E-state index in [1.54, 1.807) is 0 Å². The molecule has 3 aromatic rings. The molecule has 1 aliphatic carbocycles. The molecule has 1 aliphatic rings. The van der Waals surface area contributed by atoms with Crippen molar-refractivity contribution >= 4 is 17.0 Å². The lowest BCUT2D eigenvalue weighted by atomic mass is 9.92. The van der Waals surface area contributed by atoms with E-state index in [0.29, 0.717) is 5.82 Å². The molecule has 0 bridgehead atoms. The second kappa shape index (κ2) is 5.98. The van der Waals surface area contributed by atoms with Gasteiger partial charge in [0.2, 0.25) is 5.75 Å². The molecule has 0 unspecified atom stereocenters. The van der Waals surface area contributed by atoms with E-state index < -0.39 is 23.0 Å². The minimum Gasteiger partial charge on any atom is -0.501 e. The predicted molar refractivity (Wildman–Crippen MR) is 94.1 cm³/mol. The van der Waals surface area contributed by atoms with Gasteiger partial charge in [-0.2, -0.15) is 0 Å². The Morgan fingerprint density at radius 3 is 2.62 bits per heavy atom. The molecule has 0 amide bonds. The Morgan fingerprint density at radius 1 is 1.23 bits per heavy atom. The molecule has 4 rings (SSSR count). The monoisotopic (exact) mass is 354 g/mol. The van der Waals surface area contributed by atoms with E-state index in [1.807, 2.05) is 24.3 Å². The number of aromatic nitrogens is 4. The van der Waals surface area contributed by atoms with Gasteiger partial charge in [-0.3, -0.25) is 9.36 Å². The van der Waals surface area contributed by atoms with E-state index >= 15 is 0 Å². The van der Waals surface area contributed by atoms with Crippen LogP contribution in [-0.4, -0.2) is 37.3 Å². The average Bonchev–Trinajstić information content (AvgIpc) is 2.97. The van der Waals surface area contributed by atoms with E-state index in [4.69, 9.17) is 0 Å². The number of para-hydroxylation sites is 2. The van der Waals surface area contributed by atoms with Crippen LogP contribution in [0.3, 0.4) is 0 Å². The predicted octanol–water partition coefficient (Wildman–Crippen LogP) is 2.01. The number of fused-ring (bicyclic) bond motifs is 1. The topological polar surface area (TPSA) is 99.2 Å². The Hall–Kier alpha value is -3.16. The van der Waals surface area contributed by atoms with Crippen LogP contribution in [0, 0.1) is 0 Å². The van der Waals surface area contributed by atoms with Gasteiger partial charge in [-0.25, -0.2) is 14.8 Å². The van der Waals surface area contributed by atoms with Crippen molar-refractivity contribution in [2.75, 3.05) is 7.11 Å². The molecule has 0 aliphatic heterocycles. The fourth-order valence-electron chi connectivity index (χ4n) is 3.25. The van der Waals surface area contributed by atoms with Crippen molar-refractivity contribution in [2.45, 2.75) is 25.3 Å². The molecule has 1 N–H and O–H groups in total. The zero-order valence-corrected chi connectivity index (χ0v) is 14.5. The molecule has 1 aromatic carbocycles. The fourth-order valence-corrected chi connectivity index (χ4v) is 3.25. The number of rotatable bonds is 3. The maximum absolute atomic E-state index is 12.4. The first-order valence-corrected chi connectivity index (χ1v) is 8.38. The maximum Gasteiger partial charge on any atom is 0.360 e. The Bertz CT molecular complexity index is 1080. The second-order valence-corrected chi connectivity index (χ2v) is 6.37. The quantitative estimate of drug-likeness (QED) is 0.723. The van der Waals surface area contributed by atoms with E-state index in [-0.39, 0.29) is 11.9 Å². The first-order chi connectivity index (χ1) is 12.5. The van der Waals surface area contributed by atoms with Crippen LogP contribution >= 0.6 is 0 Å². The third-order valence-electron chi connectivity index (χ3n) is 4.88. The minimum absolute atomic E-state index is 0.219. The van der Waals surface area contributed by atoms with Crippen molar-refractivity contribution < 1.29 is 14.6 Å². The summed E-state index contributed by atoms with van der Waals surface area (Å²) in [5.74, 6) is -0.876. The number of esters is 1. The van der Waals surface area contributed by atoms with Gasteiger partial charge in [0.05, 0.1) is 18.1 Å². The minimum atomic E-state index is -0.868. The summed E-state index contributed by atoms with van der Waals surface area (Å²) >= 11 is 0. The third kappa shape index (κ3) is 2.29. The first-order valence-electron chi connectivity index (χ1n) is 8.38. The van der Waals surface area contributed by atoms with Crippen molar-refractivity contribution in [3.8, 4) is 17.4 Å². The summed E-state index contributed by atoms with van der Waals surface area (Å²) in [6, 6.07) is 7.97. The number of imidazole rings is 1. The van der Waals surface area contributed by atoms with Gasteiger partial charge in [-0.15, -0.1) is 0 Å². The molecular weight excluding hydrogens is 336 g/mol. The summed E-state index contributed by atoms with van der Waals surface area (Å²) in [4.78, 5) is 33.2. The fraction of sp³-hybridized carbons (Fsp3) is 0.333. The molecule has 8 nitrogen and oxygen atoms in total. The van der Waals surface area contributed by atoms with Crippen LogP contribution in [0.1, 0.15) is 35.8 Å². The third-order valence-corrected chi connectivity index (χ3v) is 4.88. The Kier molecular flexibility index (Phi) is 3.75. The highest BCUT2D eigenvalue weighted by Gasteiger charge is 2.29. The van der Waals surface area contributed by atoms with Gasteiger partial charge in [-0.05, 0) is 31.4 Å². The summed E-state index contributed by atoms with van der Waals surface area (Å²) in [6.45, 7) is 0. The van der Waals surface area contributed by atoms with Gasteiger partial charge < -0.3 is 14.4 Å². The summed E-state index contributed by atoms with van der Waals surface area (Å²) in [5.41, 5.74) is 0.617. The van der Waals surface area contributed by atoms with Gasteiger partial charge in [0, 0.05) is 13.1 Å². The number of aromatic hydroxyl groups is 1. The number of carbonyl (C=O) groups excluding carboxylic acids is 1. The molecular formula is C18H18N4O4. The molecule has 134 valence electrons. The van der Waals surface area contributed by atoms with E-state index in [0.717, 1.165) is 30.3 Å². The van der Waals surface area contributed by atoms with Crippen LogP contribution in [0.2, 0.25) is 0 Å². The van der Waals surface area contributed by atoms with Crippen LogP contribution in [0.15, 0.2) is 29.1 Å². The molecule has 0 spiro atoms. The summed E-state index contributed by atoms with van der Waals surface area (Å²) in [7, 11) is 2.67. The van der Waals surface area contributed by atoms with Gasteiger partial charge >= 0.3 is 5.97 Å². The van der Waals surface area contributed by atoms with Gasteiger partial charge in [0.25, 0.3) is 5.56 Å². The number of ether oxygens (including phenoxy) is 1. The lowest BCUT2D eigenvalue weighted by Crippen LogP contribution is -2.26. The molecule has 0 radical (unpaired) electrons. The first kappa shape index (κ1) is 16.3. The van der Waals surface area contributed by atoms with E-state index in [1.165, 1.54) is 18.7 Å².